The van der Waals surface area contributed by atoms with Gasteiger partial charge in [0.15, 0.2) is 0 Å². The van der Waals surface area contributed by atoms with Crippen LogP contribution in [-0.4, -0.2) is 45.0 Å². The second kappa shape index (κ2) is 8.77. The summed E-state index contributed by atoms with van der Waals surface area (Å²) >= 11 is 0. The van der Waals surface area contributed by atoms with Crippen LogP contribution in [0.15, 0.2) is 54.6 Å². The number of carboxylic acid groups (broad SMARTS) is 1. The van der Waals surface area contributed by atoms with Crippen LogP contribution in [0.1, 0.15) is 46.5 Å². The number of rotatable bonds is 7. The molecule has 2 aromatic rings. The summed E-state index contributed by atoms with van der Waals surface area (Å²) in [7, 11) is 0. The molecule has 156 valence electrons. The number of hydrogen-bond donors (Lipinski definition) is 2. The fourth-order valence-corrected chi connectivity index (χ4v) is 3.30. The molecule has 1 heterocycles. The van der Waals surface area contributed by atoms with Gasteiger partial charge in [0.1, 0.15) is 6.04 Å². The number of hydrazine groups is 1. The number of imide groups is 1. The van der Waals surface area contributed by atoms with Gasteiger partial charge in [-0.05, 0) is 30.0 Å². The molecule has 3 rings (SSSR count). The summed E-state index contributed by atoms with van der Waals surface area (Å²) in [4.78, 5) is 50.5. The van der Waals surface area contributed by atoms with E-state index in [1.54, 1.807) is 42.5 Å². The molecule has 0 aliphatic carbocycles. The van der Waals surface area contributed by atoms with E-state index in [-0.39, 0.29) is 30.0 Å². The van der Waals surface area contributed by atoms with E-state index in [9.17, 15) is 24.3 Å². The molecule has 0 saturated carbocycles. The Hall–Kier alpha value is -3.68. The molecule has 0 spiro atoms. The number of benzene rings is 2. The Kier molecular flexibility index (Phi) is 6.15. The molecular formula is C22H23N3O5. The number of nitrogens with one attached hydrogen (secondary N) is 1. The minimum Gasteiger partial charge on any atom is -0.480 e. The van der Waals surface area contributed by atoms with Gasteiger partial charge in [0.05, 0.1) is 17.7 Å². The molecule has 0 aromatic heterocycles. The van der Waals surface area contributed by atoms with E-state index in [1.807, 2.05) is 13.8 Å². The standard InChI is InChI=1S/C22H23N3O5/c1-14(2)12-18(21(28)29)23-22(30)24(13-15-8-4-3-5-9-15)25-19(26)16-10-6-7-11-17(16)20(25)27/h3-11,14,18H,12-13H2,1-2H3,(H,23,30)(H,28,29)/t18-/m0/s1. The Labute approximate surface area is 174 Å². The summed E-state index contributed by atoms with van der Waals surface area (Å²) in [5.41, 5.74) is 1.08. The highest BCUT2D eigenvalue weighted by atomic mass is 16.4. The number of hydrogen-bond acceptors (Lipinski definition) is 4. The van der Waals surface area contributed by atoms with Crippen LogP contribution in [0.5, 0.6) is 0 Å². The maximum atomic E-state index is 13.1. The average molecular weight is 409 g/mol. The third-order valence-electron chi connectivity index (χ3n) is 4.73. The fourth-order valence-electron chi connectivity index (χ4n) is 3.30. The molecule has 0 bridgehead atoms. The van der Waals surface area contributed by atoms with Crippen LogP contribution >= 0.6 is 0 Å². The van der Waals surface area contributed by atoms with E-state index >= 15 is 0 Å². The van der Waals surface area contributed by atoms with Crippen molar-refractivity contribution >= 4 is 23.8 Å². The molecular weight excluding hydrogens is 386 g/mol. The van der Waals surface area contributed by atoms with Gasteiger partial charge >= 0.3 is 12.0 Å². The molecule has 8 heteroatoms. The fraction of sp³-hybridized carbons (Fsp3) is 0.273. The van der Waals surface area contributed by atoms with Crippen molar-refractivity contribution in [3.8, 4) is 0 Å². The normalized spacial score (nSPS) is 13.9. The summed E-state index contributed by atoms with van der Waals surface area (Å²) < 4.78 is 0. The molecule has 1 aliphatic heterocycles. The van der Waals surface area contributed by atoms with Crippen LogP contribution in [0, 0.1) is 5.92 Å². The van der Waals surface area contributed by atoms with Gasteiger partial charge in [-0.25, -0.2) is 14.6 Å². The predicted molar refractivity (Wildman–Crippen MR) is 108 cm³/mol. The van der Waals surface area contributed by atoms with Crippen molar-refractivity contribution in [3.05, 3.63) is 71.3 Å². The van der Waals surface area contributed by atoms with Crippen molar-refractivity contribution < 1.29 is 24.3 Å². The number of aliphatic carboxylic acids is 1. The van der Waals surface area contributed by atoms with Crippen molar-refractivity contribution in [3.63, 3.8) is 0 Å². The van der Waals surface area contributed by atoms with Gasteiger partial charge in [-0.2, -0.15) is 5.01 Å². The molecule has 4 amide bonds. The van der Waals surface area contributed by atoms with Crippen molar-refractivity contribution in [2.45, 2.75) is 32.9 Å². The quantitative estimate of drug-likeness (QED) is 0.684. The zero-order valence-electron chi connectivity index (χ0n) is 16.7. The summed E-state index contributed by atoms with van der Waals surface area (Å²) in [5.74, 6) is -2.41. The number of urea groups is 1. The zero-order valence-corrected chi connectivity index (χ0v) is 16.7. The number of carboxylic acids is 1. The van der Waals surface area contributed by atoms with Crippen LogP contribution < -0.4 is 5.32 Å². The minimum atomic E-state index is -1.18. The summed E-state index contributed by atoms with van der Waals surface area (Å²) in [6.07, 6.45) is 0.211. The van der Waals surface area contributed by atoms with Crippen molar-refractivity contribution in [1.29, 1.82) is 0 Å². The first-order chi connectivity index (χ1) is 14.3. The third-order valence-corrected chi connectivity index (χ3v) is 4.73. The Morgan fingerprint density at radius 3 is 2.00 bits per heavy atom. The third kappa shape index (κ3) is 4.32. The largest absolute Gasteiger partial charge is 0.480 e. The molecule has 30 heavy (non-hydrogen) atoms. The van der Waals surface area contributed by atoms with E-state index in [2.05, 4.69) is 5.32 Å². The van der Waals surface area contributed by atoms with Gasteiger partial charge in [-0.3, -0.25) is 9.59 Å². The maximum Gasteiger partial charge on any atom is 0.337 e. The van der Waals surface area contributed by atoms with E-state index in [1.165, 1.54) is 12.1 Å². The Bertz CT molecular complexity index is 939. The van der Waals surface area contributed by atoms with Gasteiger partial charge in [0.2, 0.25) is 0 Å². The van der Waals surface area contributed by atoms with E-state index in [0.29, 0.717) is 5.56 Å². The van der Waals surface area contributed by atoms with Crippen LogP contribution in [-0.2, 0) is 11.3 Å². The molecule has 2 N–H and O–H groups in total. The zero-order chi connectivity index (χ0) is 21.8. The highest BCUT2D eigenvalue weighted by molar-refractivity contribution is 6.21. The molecule has 0 radical (unpaired) electrons. The van der Waals surface area contributed by atoms with Gasteiger partial charge in [-0.1, -0.05) is 56.3 Å². The second-order valence-corrected chi connectivity index (χ2v) is 7.48. The highest BCUT2D eigenvalue weighted by Gasteiger charge is 2.42. The number of carbonyl (C=O) groups excluding carboxylic acids is 3. The van der Waals surface area contributed by atoms with Gasteiger partial charge in [-0.15, -0.1) is 0 Å². The Morgan fingerprint density at radius 2 is 1.50 bits per heavy atom. The lowest BCUT2D eigenvalue weighted by Crippen LogP contribution is -2.56. The first-order valence-electron chi connectivity index (χ1n) is 9.62. The number of amides is 4. The monoisotopic (exact) mass is 409 g/mol. The van der Waals surface area contributed by atoms with E-state index in [4.69, 9.17) is 0 Å². The second-order valence-electron chi connectivity index (χ2n) is 7.48. The average Bonchev–Trinajstić information content (AvgIpc) is 2.97. The summed E-state index contributed by atoms with van der Waals surface area (Å²) in [5, 5.41) is 13.7. The number of carbonyl (C=O) groups is 4. The molecule has 2 aromatic carbocycles. The molecule has 1 atom stereocenters. The molecule has 0 saturated heterocycles. The smallest absolute Gasteiger partial charge is 0.337 e. The van der Waals surface area contributed by atoms with Gasteiger partial charge in [0.25, 0.3) is 11.8 Å². The van der Waals surface area contributed by atoms with Crippen molar-refractivity contribution in [1.82, 2.24) is 15.3 Å². The summed E-state index contributed by atoms with van der Waals surface area (Å²) in [6, 6.07) is 13.2. The number of fused-ring (bicyclic) bond motifs is 1. The van der Waals surface area contributed by atoms with Crippen LogP contribution in [0.4, 0.5) is 4.79 Å². The van der Waals surface area contributed by atoms with Crippen molar-refractivity contribution in [2.24, 2.45) is 5.92 Å². The molecule has 0 fully saturated rings. The highest BCUT2D eigenvalue weighted by Crippen LogP contribution is 2.25. The lowest BCUT2D eigenvalue weighted by atomic mass is 10.0. The topological polar surface area (TPSA) is 107 Å². The summed E-state index contributed by atoms with van der Waals surface area (Å²) in [6.45, 7) is 3.61. The predicted octanol–water partition coefficient (Wildman–Crippen LogP) is 2.91. The number of nitrogens with zero attached hydrogens (tertiary/aromatic N) is 2. The van der Waals surface area contributed by atoms with Crippen molar-refractivity contribution in [2.75, 3.05) is 0 Å². The van der Waals surface area contributed by atoms with Crippen LogP contribution in [0.25, 0.3) is 0 Å². The molecule has 8 nitrogen and oxygen atoms in total. The van der Waals surface area contributed by atoms with Crippen LogP contribution in [0.2, 0.25) is 0 Å². The molecule has 1 aliphatic rings. The van der Waals surface area contributed by atoms with Gasteiger partial charge in [0, 0.05) is 0 Å². The van der Waals surface area contributed by atoms with E-state index < -0.39 is 29.9 Å². The minimum absolute atomic E-state index is 0.0216. The Morgan fingerprint density at radius 1 is 0.967 bits per heavy atom. The van der Waals surface area contributed by atoms with E-state index in [0.717, 1.165) is 10.0 Å². The lowest BCUT2D eigenvalue weighted by Gasteiger charge is -2.31. The first-order valence-corrected chi connectivity index (χ1v) is 9.62. The Balaban J connectivity index is 1.93. The lowest BCUT2D eigenvalue weighted by molar-refractivity contribution is -0.139. The SMILES string of the molecule is CC(C)C[C@H](NC(=O)N(Cc1ccccc1)N1C(=O)c2ccccc2C1=O)C(=O)O. The van der Waals surface area contributed by atoms with Crippen LogP contribution in [0.3, 0.4) is 0 Å². The maximum absolute atomic E-state index is 13.1. The van der Waals surface area contributed by atoms with Gasteiger partial charge < -0.3 is 10.4 Å². The molecule has 0 unspecified atom stereocenters. The first kappa shape index (κ1) is 21.0.